The Morgan fingerprint density at radius 1 is 1.30 bits per heavy atom. The van der Waals surface area contributed by atoms with Crippen LogP contribution in [0.25, 0.3) is 11.3 Å². The minimum absolute atomic E-state index is 0.288. The summed E-state index contributed by atoms with van der Waals surface area (Å²) in [4.78, 5) is 0. The first kappa shape index (κ1) is 16.0. The van der Waals surface area contributed by atoms with Gasteiger partial charge in [-0.3, -0.25) is 4.68 Å². The van der Waals surface area contributed by atoms with Gasteiger partial charge in [-0.25, -0.2) is 4.39 Å². The standard InChI is InChI=1S/C16H20BFN2O3/c1-15(2)16(3,4)23-17(22-15)14(18)7-8-20-11-12(10-19-20)13-6-5-9-21-13/h5-7,9-11H,8H2,1-4H3. The van der Waals surface area contributed by atoms with E-state index in [1.165, 1.54) is 6.08 Å². The summed E-state index contributed by atoms with van der Waals surface area (Å²) in [5, 5.41) is 4.19. The van der Waals surface area contributed by atoms with Gasteiger partial charge >= 0.3 is 7.12 Å². The molecule has 1 fully saturated rings. The maximum atomic E-state index is 14.3. The molecule has 0 atom stereocenters. The number of hydrogen-bond donors (Lipinski definition) is 0. The fourth-order valence-electron chi connectivity index (χ4n) is 2.27. The van der Waals surface area contributed by atoms with Crippen LogP contribution in [0.5, 0.6) is 0 Å². The molecule has 2 aromatic heterocycles. The maximum absolute atomic E-state index is 14.3. The Labute approximate surface area is 135 Å². The molecule has 0 radical (unpaired) electrons. The fourth-order valence-corrected chi connectivity index (χ4v) is 2.27. The molecule has 1 aliphatic rings. The third kappa shape index (κ3) is 3.11. The first-order valence-electron chi connectivity index (χ1n) is 7.56. The zero-order valence-electron chi connectivity index (χ0n) is 13.7. The van der Waals surface area contributed by atoms with E-state index in [4.69, 9.17) is 13.7 Å². The van der Waals surface area contributed by atoms with Crippen LogP contribution in [0.4, 0.5) is 4.39 Å². The van der Waals surface area contributed by atoms with Gasteiger partial charge < -0.3 is 13.7 Å². The highest BCUT2D eigenvalue weighted by molar-refractivity contribution is 6.53. The van der Waals surface area contributed by atoms with Crippen molar-refractivity contribution in [1.82, 2.24) is 9.78 Å². The van der Waals surface area contributed by atoms with E-state index < -0.39 is 24.0 Å². The van der Waals surface area contributed by atoms with Crippen LogP contribution in [0.15, 0.2) is 47.0 Å². The van der Waals surface area contributed by atoms with E-state index in [0.29, 0.717) is 0 Å². The summed E-state index contributed by atoms with van der Waals surface area (Å²) < 4.78 is 32.6. The molecule has 0 unspecified atom stereocenters. The van der Waals surface area contributed by atoms with Gasteiger partial charge in [0.2, 0.25) is 0 Å². The molecule has 0 amide bonds. The highest BCUT2D eigenvalue weighted by Crippen LogP contribution is 2.38. The molecule has 122 valence electrons. The van der Waals surface area contributed by atoms with Crippen molar-refractivity contribution in [3.8, 4) is 11.3 Å². The van der Waals surface area contributed by atoms with Crippen LogP contribution >= 0.6 is 0 Å². The second-order valence-electron chi connectivity index (χ2n) is 6.61. The summed E-state index contributed by atoms with van der Waals surface area (Å²) in [6.45, 7) is 7.86. The van der Waals surface area contributed by atoms with Crippen molar-refractivity contribution in [2.24, 2.45) is 0 Å². The van der Waals surface area contributed by atoms with Crippen LogP contribution in [0.1, 0.15) is 27.7 Å². The topological polar surface area (TPSA) is 49.4 Å². The van der Waals surface area contributed by atoms with E-state index >= 15 is 0 Å². The number of rotatable bonds is 4. The predicted octanol–water partition coefficient (Wildman–Crippen LogP) is 3.63. The fraction of sp³-hybridized carbons (Fsp3) is 0.438. The first-order valence-corrected chi connectivity index (χ1v) is 7.56. The van der Waals surface area contributed by atoms with E-state index in [0.717, 1.165) is 11.3 Å². The smallest absolute Gasteiger partial charge is 0.464 e. The van der Waals surface area contributed by atoms with Gasteiger partial charge in [-0.1, -0.05) is 0 Å². The summed E-state index contributed by atoms with van der Waals surface area (Å²) >= 11 is 0. The summed E-state index contributed by atoms with van der Waals surface area (Å²) in [5.41, 5.74) is -0.708. The van der Waals surface area contributed by atoms with Crippen molar-refractivity contribution < 1.29 is 18.1 Å². The van der Waals surface area contributed by atoms with Gasteiger partial charge in [0.1, 0.15) is 11.5 Å². The lowest BCUT2D eigenvalue weighted by molar-refractivity contribution is 0.00578. The molecular formula is C16H20BFN2O3. The van der Waals surface area contributed by atoms with E-state index in [1.54, 1.807) is 23.3 Å². The second kappa shape index (κ2) is 5.65. The zero-order valence-corrected chi connectivity index (χ0v) is 13.7. The number of halogens is 1. The number of furan rings is 1. The van der Waals surface area contributed by atoms with Crippen molar-refractivity contribution in [1.29, 1.82) is 0 Å². The van der Waals surface area contributed by atoms with E-state index in [-0.39, 0.29) is 6.54 Å². The molecule has 0 aliphatic carbocycles. The Hall–Kier alpha value is -1.86. The highest BCUT2D eigenvalue weighted by atomic mass is 19.1. The van der Waals surface area contributed by atoms with Crippen molar-refractivity contribution >= 4 is 7.12 Å². The van der Waals surface area contributed by atoms with Gasteiger partial charge in [-0.2, -0.15) is 5.10 Å². The van der Waals surface area contributed by atoms with Crippen LogP contribution < -0.4 is 0 Å². The molecular weight excluding hydrogens is 298 g/mol. The van der Waals surface area contributed by atoms with Crippen molar-refractivity contribution in [2.45, 2.75) is 45.4 Å². The number of nitrogens with zero attached hydrogens (tertiary/aromatic N) is 2. The molecule has 3 rings (SSSR count). The Bertz CT molecular complexity index is 691. The molecule has 23 heavy (non-hydrogen) atoms. The molecule has 7 heteroatoms. The summed E-state index contributed by atoms with van der Waals surface area (Å²) in [5.74, 6) is 0.728. The molecule has 0 saturated carbocycles. The Balaban J connectivity index is 1.67. The van der Waals surface area contributed by atoms with Gasteiger partial charge in [0.25, 0.3) is 0 Å². The number of hydrogen-bond acceptors (Lipinski definition) is 4. The number of aromatic nitrogens is 2. The molecule has 0 aromatic carbocycles. The second-order valence-corrected chi connectivity index (χ2v) is 6.61. The van der Waals surface area contributed by atoms with Gasteiger partial charge in [-0.15, -0.1) is 0 Å². The third-order valence-corrected chi connectivity index (χ3v) is 4.39. The molecule has 1 aliphatic heterocycles. The van der Waals surface area contributed by atoms with Crippen LogP contribution in [0.2, 0.25) is 0 Å². The van der Waals surface area contributed by atoms with E-state index in [1.807, 2.05) is 39.8 Å². The summed E-state index contributed by atoms with van der Waals surface area (Å²) in [6.07, 6.45) is 6.50. The van der Waals surface area contributed by atoms with Gasteiger partial charge in [-0.05, 0) is 45.9 Å². The summed E-state index contributed by atoms with van der Waals surface area (Å²) in [6, 6.07) is 3.66. The Morgan fingerprint density at radius 2 is 2.00 bits per heavy atom. The monoisotopic (exact) mass is 318 g/mol. The van der Waals surface area contributed by atoms with Crippen LogP contribution in [0, 0.1) is 0 Å². The molecule has 3 heterocycles. The predicted molar refractivity (Wildman–Crippen MR) is 85.2 cm³/mol. The average Bonchev–Trinajstić information content (AvgIpc) is 3.16. The molecule has 1 saturated heterocycles. The lowest BCUT2D eigenvalue weighted by Crippen LogP contribution is -2.41. The third-order valence-electron chi connectivity index (χ3n) is 4.39. The van der Waals surface area contributed by atoms with Crippen LogP contribution in [-0.2, 0) is 15.9 Å². The van der Waals surface area contributed by atoms with E-state index in [2.05, 4.69) is 5.10 Å². The van der Waals surface area contributed by atoms with Crippen molar-refractivity contribution in [2.75, 3.05) is 0 Å². The lowest BCUT2D eigenvalue weighted by Gasteiger charge is -2.32. The highest BCUT2D eigenvalue weighted by Gasteiger charge is 2.52. The molecule has 2 aromatic rings. The molecule has 0 bridgehead atoms. The zero-order chi connectivity index (χ0) is 16.7. The van der Waals surface area contributed by atoms with Gasteiger partial charge in [0.05, 0.1) is 35.8 Å². The lowest BCUT2D eigenvalue weighted by atomic mass is 9.88. The first-order chi connectivity index (χ1) is 10.8. The molecule has 5 nitrogen and oxygen atoms in total. The summed E-state index contributed by atoms with van der Waals surface area (Å²) in [7, 11) is -0.972. The number of allylic oxidation sites excluding steroid dienone is 1. The van der Waals surface area contributed by atoms with Gasteiger partial charge in [0.15, 0.2) is 0 Å². The Kier molecular flexibility index (Phi) is 3.94. The Morgan fingerprint density at radius 3 is 2.61 bits per heavy atom. The van der Waals surface area contributed by atoms with Crippen molar-refractivity contribution in [3.63, 3.8) is 0 Å². The minimum atomic E-state index is -0.972. The molecule has 0 spiro atoms. The van der Waals surface area contributed by atoms with Crippen LogP contribution in [0.3, 0.4) is 0 Å². The average molecular weight is 318 g/mol. The maximum Gasteiger partial charge on any atom is 0.524 e. The largest absolute Gasteiger partial charge is 0.524 e. The van der Waals surface area contributed by atoms with Gasteiger partial charge in [0, 0.05) is 6.20 Å². The molecule has 0 N–H and O–H groups in total. The quantitative estimate of drug-likeness (QED) is 0.808. The SMILES string of the molecule is CC1(C)OB(C(F)=CCn2cc(-c3ccco3)cn2)OC1(C)C. The van der Waals surface area contributed by atoms with Crippen LogP contribution in [-0.4, -0.2) is 28.1 Å². The van der Waals surface area contributed by atoms with Crippen molar-refractivity contribution in [3.05, 3.63) is 42.6 Å². The van der Waals surface area contributed by atoms with E-state index in [9.17, 15) is 4.39 Å². The minimum Gasteiger partial charge on any atom is -0.464 e. The normalized spacial score (nSPS) is 20.2.